The average molecular weight is 347 g/mol. The molecule has 0 atom stereocenters. The lowest BCUT2D eigenvalue weighted by molar-refractivity contribution is 0.355. The van der Waals surface area contributed by atoms with Gasteiger partial charge in [-0.1, -0.05) is 0 Å². The fourth-order valence-corrected chi connectivity index (χ4v) is 3.34. The summed E-state index contributed by atoms with van der Waals surface area (Å²) in [5.74, 6) is -0.0109. The van der Waals surface area contributed by atoms with Crippen LogP contribution in [0.3, 0.4) is 0 Å². The van der Waals surface area contributed by atoms with Crippen molar-refractivity contribution in [2.45, 2.75) is 6.92 Å². The number of methoxy groups -OCH3 is 2. The van der Waals surface area contributed by atoms with Gasteiger partial charge in [-0.15, -0.1) is 11.3 Å². The zero-order chi connectivity index (χ0) is 17.3. The highest BCUT2D eigenvalue weighted by Gasteiger charge is 2.16. The molecule has 0 fully saturated rings. The molecule has 0 saturated heterocycles. The second-order valence-corrected chi connectivity index (χ2v) is 6.32. The fraction of sp³-hybridized carbons (Fsp3) is 0.167. The summed E-state index contributed by atoms with van der Waals surface area (Å²) in [7, 11) is 3.13. The second-order valence-electron chi connectivity index (χ2n) is 5.12. The van der Waals surface area contributed by atoms with Gasteiger partial charge in [0, 0.05) is 22.1 Å². The van der Waals surface area contributed by atoms with Crippen molar-refractivity contribution in [1.29, 1.82) is 0 Å². The number of hydrogen-bond acceptors (Lipinski definition) is 4. The first-order valence-corrected chi connectivity index (χ1v) is 8.00. The molecule has 0 aliphatic heterocycles. The third kappa shape index (κ3) is 2.97. The van der Waals surface area contributed by atoms with E-state index in [0.29, 0.717) is 17.2 Å². The summed E-state index contributed by atoms with van der Waals surface area (Å²) in [6.45, 7) is 1.86. The number of benzene rings is 2. The van der Waals surface area contributed by atoms with Gasteiger partial charge >= 0.3 is 0 Å². The molecule has 0 radical (unpaired) electrons. The number of aryl methyl sites for hydroxylation is 1. The van der Waals surface area contributed by atoms with E-state index in [1.165, 1.54) is 23.5 Å². The summed E-state index contributed by atoms with van der Waals surface area (Å²) in [6.07, 6.45) is 0. The first-order valence-electron chi connectivity index (χ1n) is 7.18. The summed E-state index contributed by atoms with van der Waals surface area (Å²) in [5.41, 5.74) is 1.65. The molecule has 0 N–H and O–H groups in total. The summed E-state index contributed by atoms with van der Waals surface area (Å²) in [4.78, 5) is 5.38. The van der Waals surface area contributed by atoms with Crippen molar-refractivity contribution in [3.63, 3.8) is 0 Å². The molecule has 3 nitrogen and oxygen atoms in total. The number of hydrogen-bond donors (Lipinski definition) is 0. The van der Waals surface area contributed by atoms with Gasteiger partial charge in [0.25, 0.3) is 0 Å². The van der Waals surface area contributed by atoms with Crippen LogP contribution in [0, 0.1) is 18.6 Å². The molecule has 0 unspecified atom stereocenters. The highest BCUT2D eigenvalue weighted by Crippen LogP contribution is 2.37. The van der Waals surface area contributed by atoms with Crippen LogP contribution in [0.4, 0.5) is 8.78 Å². The van der Waals surface area contributed by atoms with Crippen molar-refractivity contribution >= 4 is 11.3 Å². The number of halogens is 2. The maximum absolute atomic E-state index is 14.0. The number of nitrogens with zero attached hydrogens (tertiary/aromatic N) is 1. The maximum Gasteiger partial charge on any atom is 0.161 e. The van der Waals surface area contributed by atoms with Crippen LogP contribution < -0.4 is 9.47 Å². The minimum Gasteiger partial charge on any atom is -0.493 e. The predicted octanol–water partition coefficient (Wildman–Crippen LogP) is 5.08. The molecule has 0 amide bonds. The smallest absolute Gasteiger partial charge is 0.161 e. The van der Waals surface area contributed by atoms with Crippen molar-refractivity contribution in [2.75, 3.05) is 14.2 Å². The van der Waals surface area contributed by atoms with Gasteiger partial charge in [-0.25, -0.2) is 13.8 Å². The Morgan fingerprint density at radius 2 is 1.71 bits per heavy atom. The topological polar surface area (TPSA) is 31.4 Å². The van der Waals surface area contributed by atoms with Crippen molar-refractivity contribution in [2.24, 2.45) is 0 Å². The number of thiazole rings is 1. The predicted molar refractivity (Wildman–Crippen MR) is 90.7 cm³/mol. The Balaban J connectivity index is 2.06. The van der Waals surface area contributed by atoms with Crippen molar-refractivity contribution < 1.29 is 18.3 Å². The first-order chi connectivity index (χ1) is 11.5. The van der Waals surface area contributed by atoms with E-state index in [9.17, 15) is 8.78 Å². The SMILES string of the molecule is COc1ccc(-c2nc(-c3ccc(F)cc3F)c(C)s2)cc1OC. The van der Waals surface area contributed by atoms with Gasteiger partial charge in [-0.05, 0) is 37.3 Å². The van der Waals surface area contributed by atoms with Crippen LogP contribution in [0.25, 0.3) is 21.8 Å². The molecule has 0 saturated carbocycles. The first kappa shape index (κ1) is 16.4. The Labute approximate surface area is 142 Å². The Morgan fingerprint density at radius 1 is 0.958 bits per heavy atom. The highest BCUT2D eigenvalue weighted by molar-refractivity contribution is 7.15. The Morgan fingerprint density at radius 3 is 2.38 bits per heavy atom. The molecule has 1 heterocycles. The van der Waals surface area contributed by atoms with E-state index < -0.39 is 11.6 Å². The van der Waals surface area contributed by atoms with Crippen molar-refractivity contribution in [3.8, 4) is 33.3 Å². The Bertz CT molecular complexity index is 893. The van der Waals surface area contributed by atoms with Crippen LogP contribution in [0.5, 0.6) is 11.5 Å². The molecule has 2 aromatic carbocycles. The molecular weight excluding hydrogens is 332 g/mol. The largest absolute Gasteiger partial charge is 0.493 e. The number of aromatic nitrogens is 1. The van der Waals surface area contributed by atoms with E-state index >= 15 is 0 Å². The third-order valence-electron chi connectivity index (χ3n) is 3.61. The zero-order valence-corrected chi connectivity index (χ0v) is 14.2. The highest BCUT2D eigenvalue weighted by atomic mass is 32.1. The van der Waals surface area contributed by atoms with E-state index in [0.717, 1.165) is 21.5 Å². The van der Waals surface area contributed by atoms with Crippen LogP contribution in [-0.2, 0) is 0 Å². The fourth-order valence-electron chi connectivity index (χ4n) is 2.42. The third-order valence-corrected chi connectivity index (χ3v) is 4.63. The lowest BCUT2D eigenvalue weighted by Gasteiger charge is -2.08. The lowest BCUT2D eigenvalue weighted by Crippen LogP contribution is -1.91. The lowest BCUT2D eigenvalue weighted by atomic mass is 10.1. The summed E-state index contributed by atoms with van der Waals surface area (Å²) in [5, 5.41) is 0.729. The summed E-state index contributed by atoms with van der Waals surface area (Å²) in [6, 6.07) is 8.98. The van der Waals surface area contributed by atoms with Gasteiger partial charge in [0.15, 0.2) is 11.5 Å². The minimum absolute atomic E-state index is 0.289. The average Bonchev–Trinajstić information content (AvgIpc) is 2.96. The maximum atomic E-state index is 14.0. The molecule has 124 valence electrons. The summed E-state index contributed by atoms with van der Waals surface area (Å²) < 4.78 is 37.7. The second kappa shape index (κ2) is 6.57. The van der Waals surface area contributed by atoms with Gasteiger partial charge in [-0.2, -0.15) is 0 Å². The van der Waals surface area contributed by atoms with E-state index in [2.05, 4.69) is 4.98 Å². The van der Waals surface area contributed by atoms with Crippen LogP contribution in [-0.4, -0.2) is 19.2 Å². The van der Waals surface area contributed by atoms with Crippen LogP contribution in [0.1, 0.15) is 4.88 Å². The number of ether oxygens (including phenoxy) is 2. The van der Waals surface area contributed by atoms with E-state index in [1.54, 1.807) is 20.3 Å². The van der Waals surface area contributed by atoms with E-state index in [-0.39, 0.29) is 5.56 Å². The molecule has 3 rings (SSSR count). The monoisotopic (exact) mass is 347 g/mol. The van der Waals surface area contributed by atoms with Gasteiger partial charge in [0.1, 0.15) is 16.6 Å². The van der Waals surface area contributed by atoms with Crippen LogP contribution >= 0.6 is 11.3 Å². The van der Waals surface area contributed by atoms with Gasteiger partial charge in [0.2, 0.25) is 0 Å². The van der Waals surface area contributed by atoms with Gasteiger partial charge in [-0.3, -0.25) is 0 Å². The molecule has 24 heavy (non-hydrogen) atoms. The quantitative estimate of drug-likeness (QED) is 0.659. The molecule has 0 spiro atoms. The summed E-state index contributed by atoms with van der Waals surface area (Å²) >= 11 is 1.44. The van der Waals surface area contributed by atoms with Crippen LogP contribution in [0.2, 0.25) is 0 Å². The normalized spacial score (nSPS) is 10.7. The van der Waals surface area contributed by atoms with E-state index in [4.69, 9.17) is 9.47 Å². The molecule has 3 aromatic rings. The standard InChI is InChI=1S/C18H15F2NO2S/c1-10-17(13-6-5-12(19)9-14(13)20)21-18(24-10)11-4-7-15(22-2)16(8-11)23-3/h4-9H,1-3H3. The molecule has 6 heteroatoms. The number of rotatable bonds is 4. The molecular formula is C18H15F2NO2S. The Kier molecular flexibility index (Phi) is 4.49. The zero-order valence-electron chi connectivity index (χ0n) is 13.4. The van der Waals surface area contributed by atoms with Crippen molar-refractivity contribution in [3.05, 3.63) is 52.9 Å². The molecule has 1 aromatic heterocycles. The van der Waals surface area contributed by atoms with E-state index in [1.807, 2.05) is 19.1 Å². The Hall–Kier alpha value is -2.47. The molecule has 0 aliphatic rings. The van der Waals surface area contributed by atoms with Crippen LogP contribution in [0.15, 0.2) is 36.4 Å². The molecule has 0 bridgehead atoms. The van der Waals surface area contributed by atoms with Crippen molar-refractivity contribution in [1.82, 2.24) is 4.98 Å². The molecule has 0 aliphatic carbocycles. The minimum atomic E-state index is -0.623. The van der Waals surface area contributed by atoms with Gasteiger partial charge < -0.3 is 9.47 Å². The van der Waals surface area contributed by atoms with Gasteiger partial charge in [0.05, 0.1) is 19.9 Å².